The number of hydrogen-bond acceptors (Lipinski definition) is 7. The van der Waals surface area contributed by atoms with Gasteiger partial charge < -0.3 is 40.0 Å². The number of carbonyl (C=O) groups excluding carboxylic acids is 3. The lowest BCUT2D eigenvalue weighted by molar-refractivity contribution is -0.138. The third-order valence-electron chi connectivity index (χ3n) is 8.07. The number of carbonyl (C=O) groups is 3. The Morgan fingerprint density at radius 1 is 0.886 bits per heavy atom. The molecule has 2 unspecified atom stereocenters. The Hall–Kier alpha value is -3.99. The third-order valence-corrected chi connectivity index (χ3v) is 8.07. The summed E-state index contributed by atoms with van der Waals surface area (Å²) in [5, 5.41) is 8.76. The number of nitrogens with zero attached hydrogens (tertiary/aromatic N) is 2. The molecule has 0 bridgehead atoms. The molecule has 44 heavy (non-hydrogen) atoms. The Labute approximate surface area is 259 Å². The minimum Gasteiger partial charge on any atom is -0.490 e. The average Bonchev–Trinajstić information content (AvgIpc) is 3.69. The largest absolute Gasteiger partial charge is 0.490 e. The summed E-state index contributed by atoms with van der Waals surface area (Å²) in [5.41, 5.74) is 1.86. The first-order valence-electron chi connectivity index (χ1n) is 15.7. The van der Waals surface area contributed by atoms with Gasteiger partial charge in [0.1, 0.15) is 11.4 Å². The zero-order valence-corrected chi connectivity index (χ0v) is 26.0. The van der Waals surface area contributed by atoms with E-state index in [-0.39, 0.29) is 18.5 Å². The van der Waals surface area contributed by atoms with Crippen LogP contribution in [0.3, 0.4) is 0 Å². The summed E-state index contributed by atoms with van der Waals surface area (Å²) in [5.74, 6) is 0.914. The van der Waals surface area contributed by atoms with Crippen LogP contribution in [0.15, 0.2) is 48.5 Å². The number of rotatable bonds is 8. The van der Waals surface area contributed by atoms with Gasteiger partial charge in [-0.3, -0.25) is 4.79 Å². The Bertz CT molecular complexity index is 1270. The van der Waals surface area contributed by atoms with Crippen molar-refractivity contribution < 1.29 is 28.6 Å². The van der Waals surface area contributed by atoms with Crippen molar-refractivity contribution in [3.63, 3.8) is 0 Å². The van der Waals surface area contributed by atoms with Gasteiger partial charge in [-0.05, 0) is 107 Å². The molecule has 238 valence electrons. The van der Waals surface area contributed by atoms with Crippen LogP contribution in [0.1, 0.15) is 52.9 Å². The molecule has 1 aliphatic carbocycles. The smallest absolute Gasteiger partial charge is 0.410 e. The molecule has 0 spiro atoms. The average molecular weight is 608 g/mol. The topological polar surface area (TPSA) is 121 Å². The van der Waals surface area contributed by atoms with Crippen LogP contribution in [0.4, 0.5) is 26.7 Å². The first kappa shape index (κ1) is 31.4. The SMILES string of the molecule is CC(C)(C)OC(=O)N1CCOC(C(=O)NCC2CCN(c3ccc(NC(=O)Nc4ccc(OC5CCCC5)cc4)cc3)C2)C1. The van der Waals surface area contributed by atoms with Crippen molar-refractivity contribution in [3.05, 3.63) is 48.5 Å². The van der Waals surface area contributed by atoms with Gasteiger partial charge in [0.25, 0.3) is 5.91 Å². The fraction of sp³-hybridized carbons (Fsp3) is 0.545. The van der Waals surface area contributed by atoms with Crippen LogP contribution in [0.2, 0.25) is 0 Å². The Morgan fingerprint density at radius 2 is 1.55 bits per heavy atom. The van der Waals surface area contributed by atoms with E-state index >= 15 is 0 Å². The first-order valence-corrected chi connectivity index (χ1v) is 15.7. The number of hydrogen-bond donors (Lipinski definition) is 3. The van der Waals surface area contributed by atoms with E-state index in [1.807, 2.05) is 69.3 Å². The third kappa shape index (κ3) is 9.01. The summed E-state index contributed by atoms with van der Waals surface area (Å²) in [4.78, 5) is 41.6. The van der Waals surface area contributed by atoms with E-state index in [4.69, 9.17) is 14.2 Å². The minimum atomic E-state index is -0.707. The maximum atomic E-state index is 12.8. The predicted molar refractivity (Wildman–Crippen MR) is 169 cm³/mol. The van der Waals surface area contributed by atoms with E-state index in [2.05, 4.69) is 20.9 Å². The predicted octanol–water partition coefficient (Wildman–Crippen LogP) is 5.23. The molecule has 2 aromatic carbocycles. The Kier molecular flexibility index (Phi) is 10.1. The molecule has 2 aliphatic heterocycles. The fourth-order valence-electron chi connectivity index (χ4n) is 5.76. The molecule has 3 N–H and O–H groups in total. The number of morpholine rings is 1. The number of benzene rings is 2. The lowest BCUT2D eigenvalue weighted by atomic mass is 10.1. The van der Waals surface area contributed by atoms with Gasteiger partial charge in [-0.15, -0.1) is 0 Å². The van der Waals surface area contributed by atoms with Gasteiger partial charge in [0.2, 0.25) is 0 Å². The van der Waals surface area contributed by atoms with E-state index < -0.39 is 17.8 Å². The molecule has 3 aliphatic rings. The lowest BCUT2D eigenvalue weighted by Gasteiger charge is -2.33. The summed E-state index contributed by atoms with van der Waals surface area (Å²) < 4.78 is 17.1. The van der Waals surface area contributed by atoms with Gasteiger partial charge in [0.05, 0.1) is 19.3 Å². The van der Waals surface area contributed by atoms with Crippen molar-refractivity contribution in [2.45, 2.75) is 70.7 Å². The van der Waals surface area contributed by atoms with Crippen molar-refractivity contribution in [2.24, 2.45) is 5.92 Å². The van der Waals surface area contributed by atoms with E-state index in [1.165, 1.54) is 17.7 Å². The highest BCUT2D eigenvalue weighted by molar-refractivity contribution is 5.99. The molecule has 2 saturated heterocycles. The molecule has 2 aromatic rings. The molecular weight excluding hydrogens is 562 g/mol. The van der Waals surface area contributed by atoms with Crippen LogP contribution in [0.25, 0.3) is 0 Å². The van der Waals surface area contributed by atoms with Gasteiger partial charge in [-0.25, -0.2) is 9.59 Å². The monoisotopic (exact) mass is 607 g/mol. The maximum Gasteiger partial charge on any atom is 0.410 e. The second-order valence-corrected chi connectivity index (χ2v) is 12.8. The van der Waals surface area contributed by atoms with Crippen molar-refractivity contribution in [1.82, 2.24) is 10.2 Å². The molecule has 11 heteroatoms. The molecule has 11 nitrogen and oxygen atoms in total. The number of ether oxygens (including phenoxy) is 3. The number of amides is 4. The standard InChI is InChI=1S/C33H45N5O6/c1-33(2,3)44-32(41)38-18-19-42-29(22-38)30(39)34-20-23-16-17-37(21-23)26-12-8-24(9-13-26)35-31(40)36-25-10-14-28(15-11-25)43-27-6-4-5-7-27/h8-15,23,27,29H,4-7,16-22H2,1-3H3,(H,34,39)(H2,35,36,40). The summed E-state index contributed by atoms with van der Waals surface area (Å²) in [7, 11) is 0. The molecule has 2 heterocycles. The molecule has 5 rings (SSSR count). The van der Waals surface area contributed by atoms with E-state index in [0.29, 0.717) is 43.1 Å². The van der Waals surface area contributed by atoms with Crippen molar-refractivity contribution in [1.29, 1.82) is 0 Å². The highest BCUT2D eigenvalue weighted by Gasteiger charge is 2.32. The summed E-state index contributed by atoms with van der Waals surface area (Å²) >= 11 is 0. The van der Waals surface area contributed by atoms with Crippen LogP contribution >= 0.6 is 0 Å². The van der Waals surface area contributed by atoms with Crippen molar-refractivity contribution >= 4 is 35.1 Å². The molecular formula is C33H45N5O6. The Morgan fingerprint density at radius 3 is 2.20 bits per heavy atom. The molecule has 4 amide bonds. The molecule has 0 radical (unpaired) electrons. The minimum absolute atomic E-state index is 0.178. The second kappa shape index (κ2) is 14.2. The lowest BCUT2D eigenvalue weighted by Crippen LogP contribution is -2.53. The zero-order chi connectivity index (χ0) is 31.1. The number of urea groups is 1. The van der Waals surface area contributed by atoms with Crippen LogP contribution < -0.4 is 25.6 Å². The van der Waals surface area contributed by atoms with Gasteiger partial charge in [0.15, 0.2) is 6.10 Å². The molecule has 2 atom stereocenters. The molecule has 0 aromatic heterocycles. The van der Waals surface area contributed by atoms with E-state index in [1.54, 1.807) is 0 Å². The van der Waals surface area contributed by atoms with E-state index in [0.717, 1.165) is 43.8 Å². The summed E-state index contributed by atoms with van der Waals surface area (Å²) in [6.45, 7) is 8.55. The van der Waals surface area contributed by atoms with Gasteiger partial charge in [-0.1, -0.05) is 0 Å². The van der Waals surface area contributed by atoms with Crippen molar-refractivity contribution in [3.8, 4) is 5.75 Å². The summed E-state index contributed by atoms with van der Waals surface area (Å²) in [6, 6.07) is 14.9. The molecule has 3 fully saturated rings. The van der Waals surface area contributed by atoms with Crippen LogP contribution in [-0.2, 0) is 14.3 Å². The fourth-order valence-corrected chi connectivity index (χ4v) is 5.76. The highest BCUT2D eigenvalue weighted by atomic mass is 16.6. The Balaban J connectivity index is 1.02. The normalized spacial score (nSPS) is 20.7. The first-order chi connectivity index (χ1) is 21.1. The van der Waals surface area contributed by atoms with E-state index in [9.17, 15) is 14.4 Å². The number of anilines is 3. The van der Waals surface area contributed by atoms with Crippen LogP contribution in [-0.4, -0.2) is 80.1 Å². The van der Waals surface area contributed by atoms with Crippen LogP contribution in [0.5, 0.6) is 5.75 Å². The van der Waals surface area contributed by atoms with Gasteiger partial charge >= 0.3 is 12.1 Å². The van der Waals surface area contributed by atoms with Gasteiger partial charge in [0, 0.05) is 43.2 Å². The summed E-state index contributed by atoms with van der Waals surface area (Å²) in [6.07, 6.45) is 4.76. The molecule has 1 saturated carbocycles. The quantitative estimate of drug-likeness (QED) is 0.376. The number of nitrogens with one attached hydrogen (secondary N) is 3. The zero-order valence-electron chi connectivity index (χ0n) is 26.0. The highest BCUT2D eigenvalue weighted by Crippen LogP contribution is 2.27. The van der Waals surface area contributed by atoms with Crippen molar-refractivity contribution in [2.75, 3.05) is 54.9 Å². The van der Waals surface area contributed by atoms with Crippen LogP contribution in [0, 0.1) is 5.92 Å². The second-order valence-electron chi connectivity index (χ2n) is 12.8. The van der Waals surface area contributed by atoms with Gasteiger partial charge in [-0.2, -0.15) is 0 Å². The maximum absolute atomic E-state index is 12.8.